The topological polar surface area (TPSA) is 40.5 Å². The van der Waals surface area contributed by atoms with E-state index in [0.717, 1.165) is 5.56 Å². The zero-order valence-corrected chi connectivity index (χ0v) is 11.7. The van der Waals surface area contributed by atoms with Crippen molar-refractivity contribution in [2.75, 3.05) is 13.1 Å². The number of rotatable bonds is 2. The molecule has 1 fully saturated rings. The number of amides is 1. The highest BCUT2D eigenvalue weighted by molar-refractivity contribution is 7.13. The Morgan fingerprint density at radius 2 is 2.18 bits per heavy atom. The van der Waals surface area contributed by atoms with Gasteiger partial charge in [-0.2, -0.15) is 0 Å². The molecule has 1 aromatic rings. The lowest BCUT2D eigenvalue weighted by Gasteiger charge is -2.48. The van der Waals surface area contributed by atoms with E-state index in [4.69, 9.17) is 11.6 Å². The molecule has 0 radical (unpaired) electrons. The Kier molecular flexibility index (Phi) is 3.23. The van der Waals surface area contributed by atoms with Crippen molar-refractivity contribution in [1.82, 2.24) is 4.90 Å². The fourth-order valence-corrected chi connectivity index (χ4v) is 3.08. The molecule has 0 spiro atoms. The van der Waals surface area contributed by atoms with E-state index < -0.39 is 5.60 Å². The molecule has 1 N–H and O–H groups in total. The van der Waals surface area contributed by atoms with Crippen LogP contribution in [0.15, 0.2) is 5.38 Å². The van der Waals surface area contributed by atoms with Gasteiger partial charge in [0.15, 0.2) is 0 Å². The Bertz CT molecular complexity index is 449. The molecule has 1 aromatic heterocycles. The molecule has 5 heteroatoms. The minimum Gasteiger partial charge on any atom is -0.386 e. The Morgan fingerprint density at radius 1 is 1.59 bits per heavy atom. The van der Waals surface area contributed by atoms with Crippen LogP contribution in [0.5, 0.6) is 0 Å². The lowest BCUT2D eigenvalue weighted by Crippen LogP contribution is -2.65. The maximum Gasteiger partial charge on any atom is 0.265 e. The summed E-state index contributed by atoms with van der Waals surface area (Å²) in [6.07, 6.45) is 0. The summed E-state index contributed by atoms with van der Waals surface area (Å²) in [5.41, 5.74) is 0.203. The first-order chi connectivity index (χ1) is 7.85. The van der Waals surface area contributed by atoms with Gasteiger partial charge in [0.25, 0.3) is 5.91 Å². The molecule has 1 aliphatic heterocycles. The normalized spacial score (nSPS) is 18.4. The van der Waals surface area contributed by atoms with Crippen molar-refractivity contribution in [3.63, 3.8) is 0 Å². The minimum atomic E-state index is -0.728. The first-order valence-electron chi connectivity index (χ1n) is 5.60. The van der Waals surface area contributed by atoms with Gasteiger partial charge in [0.05, 0.1) is 18.1 Å². The molecule has 1 amide bonds. The molecular formula is C12H16ClNO2S. The number of hydrogen-bond donors (Lipinski definition) is 1. The Labute approximate surface area is 110 Å². The highest BCUT2D eigenvalue weighted by Gasteiger charge is 2.46. The highest BCUT2D eigenvalue weighted by atomic mass is 35.5. The van der Waals surface area contributed by atoms with Crippen LogP contribution in [0.4, 0.5) is 0 Å². The molecule has 0 unspecified atom stereocenters. The summed E-state index contributed by atoms with van der Waals surface area (Å²) >= 11 is 7.43. The third kappa shape index (κ3) is 2.09. The van der Waals surface area contributed by atoms with Gasteiger partial charge in [0.2, 0.25) is 0 Å². The van der Waals surface area contributed by atoms with Gasteiger partial charge in [0.1, 0.15) is 10.5 Å². The second-order valence-electron chi connectivity index (χ2n) is 4.98. The molecule has 17 heavy (non-hydrogen) atoms. The largest absolute Gasteiger partial charge is 0.386 e. The monoisotopic (exact) mass is 273 g/mol. The van der Waals surface area contributed by atoms with Crippen LogP contribution in [-0.2, 0) is 0 Å². The van der Waals surface area contributed by atoms with E-state index in [0.29, 0.717) is 23.0 Å². The van der Waals surface area contributed by atoms with Crippen LogP contribution in [0, 0.1) is 12.8 Å². The number of aryl methyl sites for hydroxylation is 1. The summed E-state index contributed by atoms with van der Waals surface area (Å²) in [7, 11) is 0. The van der Waals surface area contributed by atoms with Crippen molar-refractivity contribution in [2.24, 2.45) is 5.92 Å². The van der Waals surface area contributed by atoms with E-state index >= 15 is 0 Å². The average molecular weight is 274 g/mol. The number of β-amino-alcohol motifs (C(OH)–C–C–N with tert-alkyl or cyclic N) is 1. The molecular weight excluding hydrogens is 258 g/mol. The predicted molar refractivity (Wildman–Crippen MR) is 69.8 cm³/mol. The summed E-state index contributed by atoms with van der Waals surface area (Å²) < 4.78 is 0. The Balaban J connectivity index is 2.08. The van der Waals surface area contributed by atoms with Crippen molar-refractivity contribution in [1.29, 1.82) is 0 Å². The number of carbonyl (C=O) groups is 1. The maximum atomic E-state index is 12.1. The van der Waals surface area contributed by atoms with E-state index in [2.05, 4.69) is 0 Å². The first kappa shape index (κ1) is 12.9. The Hall–Kier alpha value is -0.580. The van der Waals surface area contributed by atoms with Gasteiger partial charge >= 0.3 is 0 Å². The number of likely N-dealkylation sites (tertiary alicyclic amines) is 1. The van der Waals surface area contributed by atoms with Crippen molar-refractivity contribution < 1.29 is 9.90 Å². The van der Waals surface area contributed by atoms with Crippen molar-refractivity contribution >= 4 is 28.8 Å². The highest BCUT2D eigenvalue weighted by Crippen LogP contribution is 2.33. The molecule has 1 aliphatic rings. The van der Waals surface area contributed by atoms with Crippen molar-refractivity contribution in [3.05, 3.63) is 20.8 Å². The van der Waals surface area contributed by atoms with E-state index in [1.807, 2.05) is 26.2 Å². The van der Waals surface area contributed by atoms with Gasteiger partial charge in [-0.05, 0) is 23.8 Å². The number of carbonyl (C=O) groups excluding carboxylic acids is 1. The predicted octanol–water partition coefficient (Wildman–Crippen LogP) is 2.55. The first-order valence-corrected chi connectivity index (χ1v) is 6.86. The summed E-state index contributed by atoms with van der Waals surface area (Å²) in [6, 6.07) is 0. The molecule has 0 saturated carbocycles. The molecule has 0 bridgehead atoms. The number of nitrogens with zero attached hydrogens (tertiary/aromatic N) is 1. The van der Waals surface area contributed by atoms with Gasteiger partial charge in [0, 0.05) is 0 Å². The molecule has 94 valence electrons. The minimum absolute atomic E-state index is 0.0709. The van der Waals surface area contributed by atoms with Gasteiger partial charge in [-0.15, -0.1) is 11.3 Å². The van der Waals surface area contributed by atoms with Crippen LogP contribution in [0.1, 0.15) is 29.1 Å². The van der Waals surface area contributed by atoms with Gasteiger partial charge in [-0.25, -0.2) is 0 Å². The smallest absolute Gasteiger partial charge is 0.265 e. The standard InChI is InChI=1S/C12H16ClNO2S/c1-7(2)12(16)5-14(6-12)11(15)10-9(13)8(3)4-17-10/h4,7,16H,5-6H2,1-3H3. The second kappa shape index (κ2) is 4.26. The van der Waals surface area contributed by atoms with E-state index in [9.17, 15) is 9.90 Å². The van der Waals surface area contributed by atoms with Gasteiger partial charge < -0.3 is 10.0 Å². The van der Waals surface area contributed by atoms with Crippen LogP contribution < -0.4 is 0 Å². The van der Waals surface area contributed by atoms with Crippen LogP contribution in [0.3, 0.4) is 0 Å². The van der Waals surface area contributed by atoms with Crippen LogP contribution in [-0.4, -0.2) is 34.6 Å². The summed E-state index contributed by atoms with van der Waals surface area (Å²) in [4.78, 5) is 14.3. The number of thiophene rings is 1. The van der Waals surface area contributed by atoms with E-state index in [-0.39, 0.29) is 11.8 Å². The molecule has 2 rings (SSSR count). The zero-order valence-electron chi connectivity index (χ0n) is 10.2. The third-order valence-electron chi connectivity index (χ3n) is 3.38. The second-order valence-corrected chi connectivity index (χ2v) is 6.24. The zero-order chi connectivity index (χ0) is 12.8. The third-order valence-corrected chi connectivity index (χ3v) is 5.07. The van der Waals surface area contributed by atoms with E-state index in [1.54, 1.807) is 4.90 Å². The van der Waals surface area contributed by atoms with Crippen LogP contribution in [0.25, 0.3) is 0 Å². The molecule has 0 aromatic carbocycles. The van der Waals surface area contributed by atoms with Crippen LogP contribution in [0.2, 0.25) is 5.02 Å². The lowest BCUT2D eigenvalue weighted by atomic mass is 9.83. The summed E-state index contributed by atoms with van der Waals surface area (Å²) in [6.45, 7) is 6.61. The Morgan fingerprint density at radius 3 is 2.59 bits per heavy atom. The SMILES string of the molecule is Cc1csc(C(=O)N2CC(O)(C(C)C)C2)c1Cl. The molecule has 2 heterocycles. The maximum absolute atomic E-state index is 12.1. The van der Waals surface area contributed by atoms with Crippen molar-refractivity contribution in [2.45, 2.75) is 26.4 Å². The molecule has 1 saturated heterocycles. The van der Waals surface area contributed by atoms with Gasteiger partial charge in [-0.1, -0.05) is 25.4 Å². The average Bonchev–Trinajstić information content (AvgIpc) is 2.54. The van der Waals surface area contributed by atoms with Crippen LogP contribution >= 0.6 is 22.9 Å². The van der Waals surface area contributed by atoms with Gasteiger partial charge in [-0.3, -0.25) is 4.79 Å². The van der Waals surface area contributed by atoms with E-state index in [1.165, 1.54) is 11.3 Å². The molecule has 3 nitrogen and oxygen atoms in total. The summed E-state index contributed by atoms with van der Waals surface area (Å²) in [5, 5.41) is 12.5. The fraction of sp³-hybridized carbons (Fsp3) is 0.583. The fourth-order valence-electron chi connectivity index (χ4n) is 1.84. The summed E-state index contributed by atoms with van der Waals surface area (Å²) in [5.74, 6) is 0.0884. The molecule has 0 atom stereocenters. The van der Waals surface area contributed by atoms with Crippen molar-refractivity contribution in [3.8, 4) is 0 Å². The number of halogens is 1. The lowest BCUT2D eigenvalue weighted by molar-refractivity contribution is -0.110. The number of aliphatic hydroxyl groups is 1. The molecule has 0 aliphatic carbocycles. The number of hydrogen-bond acceptors (Lipinski definition) is 3. The quantitative estimate of drug-likeness (QED) is 0.900.